The molecule has 0 rings (SSSR count). The van der Waals surface area contributed by atoms with Gasteiger partial charge in [-0.15, -0.1) is 0 Å². The molecule has 0 bridgehead atoms. The molecule has 2 amide bonds. The lowest BCUT2D eigenvalue weighted by molar-refractivity contribution is -0.147. The lowest BCUT2D eigenvalue weighted by Gasteiger charge is -2.26. The second kappa shape index (κ2) is 6.60. The van der Waals surface area contributed by atoms with Gasteiger partial charge in [-0.05, 0) is 13.8 Å². The molecule has 0 atom stereocenters. The summed E-state index contributed by atoms with van der Waals surface area (Å²) in [4.78, 5) is 22.6. The molecule has 0 aromatic rings. The maximum atomic E-state index is 12.2. The van der Waals surface area contributed by atoms with Gasteiger partial charge in [0.25, 0.3) is 0 Å². The number of hydrogen-bond acceptors (Lipinski definition) is 3. The summed E-state index contributed by atoms with van der Waals surface area (Å²) in [7, 11) is 0. The first-order valence-electron chi connectivity index (χ1n) is 5.43. The summed E-state index contributed by atoms with van der Waals surface area (Å²) in [6, 6.07) is -1.07. The number of alkyl halides is 3. The standard InChI is InChI=1S/C10H17F3N2O4/c1-9(2,7(17)18)5-14-8(19)15(3-4-16)6-10(11,12)13/h16H,3-6H2,1-2H3,(H,14,19)(H,17,18). The number of carbonyl (C=O) groups is 2. The Bertz CT molecular complexity index is 331. The van der Waals surface area contributed by atoms with Gasteiger partial charge in [-0.3, -0.25) is 4.79 Å². The van der Waals surface area contributed by atoms with Gasteiger partial charge in [-0.25, -0.2) is 4.79 Å². The van der Waals surface area contributed by atoms with Crippen molar-refractivity contribution in [3.63, 3.8) is 0 Å². The first-order valence-corrected chi connectivity index (χ1v) is 5.43. The molecule has 0 fully saturated rings. The molecule has 0 saturated carbocycles. The molecule has 0 spiro atoms. The van der Waals surface area contributed by atoms with Gasteiger partial charge in [0, 0.05) is 13.1 Å². The zero-order valence-corrected chi connectivity index (χ0v) is 10.6. The molecule has 19 heavy (non-hydrogen) atoms. The van der Waals surface area contributed by atoms with Crippen LogP contribution < -0.4 is 5.32 Å². The van der Waals surface area contributed by atoms with E-state index in [0.29, 0.717) is 4.90 Å². The smallest absolute Gasteiger partial charge is 0.406 e. The van der Waals surface area contributed by atoms with E-state index in [0.717, 1.165) is 0 Å². The molecular formula is C10H17F3N2O4. The summed E-state index contributed by atoms with van der Waals surface area (Å²) >= 11 is 0. The minimum absolute atomic E-state index is 0.318. The van der Waals surface area contributed by atoms with Crippen LogP contribution in [0, 0.1) is 5.41 Å². The number of nitrogens with one attached hydrogen (secondary N) is 1. The lowest BCUT2D eigenvalue weighted by atomic mass is 9.94. The van der Waals surface area contributed by atoms with Crippen LogP contribution in [0.5, 0.6) is 0 Å². The molecule has 9 heteroatoms. The monoisotopic (exact) mass is 286 g/mol. The molecule has 0 aliphatic carbocycles. The van der Waals surface area contributed by atoms with E-state index in [2.05, 4.69) is 5.32 Å². The zero-order chi connectivity index (χ0) is 15.3. The Hall–Kier alpha value is -1.51. The van der Waals surface area contributed by atoms with Crippen molar-refractivity contribution in [3.8, 4) is 0 Å². The minimum atomic E-state index is -4.59. The molecule has 0 aliphatic heterocycles. The molecule has 0 aromatic carbocycles. The van der Waals surface area contributed by atoms with Gasteiger partial charge in [-0.1, -0.05) is 0 Å². The molecule has 0 aliphatic rings. The van der Waals surface area contributed by atoms with Gasteiger partial charge >= 0.3 is 18.2 Å². The number of amides is 2. The fraction of sp³-hybridized carbons (Fsp3) is 0.800. The van der Waals surface area contributed by atoms with E-state index in [1.807, 2.05) is 0 Å². The Labute approximate surface area is 108 Å². The van der Waals surface area contributed by atoms with Gasteiger partial charge in [0.15, 0.2) is 0 Å². The zero-order valence-electron chi connectivity index (χ0n) is 10.6. The van der Waals surface area contributed by atoms with Crippen LogP contribution in [-0.2, 0) is 4.79 Å². The molecular weight excluding hydrogens is 269 g/mol. The van der Waals surface area contributed by atoms with Crippen LogP contribution in [0.1, 0.15) is 13.8 Å². The van der Waals surface area contributed by atoms with Crippen LogP contribution in [0.3, 0.4) is 0 Å². The maximum Gasteiger partial charge on any atom is 0.406 e. The Morgan fingerprint density at radius 2 is 1.79 bits per heavy atom. The van der Waals surface area contributed by atoms with E-state index in [4.69, 9.17) is 10.2 Å². The number of nitrogens with zero attached hydrogens (tertiary/aromatic N) is 1. The second-order valence-electron chi connectivity index (χ2n) is 4.61. The summed E-state index contributed by atoms with van der Waals surface area (Å²) in [5.74, 6) is -1.18. The third-order valence-corrected chi connectivity index (χ3v) is 2.29. The number of urea groups is 1. The summed E-state index contributed by atoms with van der Waals surface area (Å²) in [5.41, 5.74) is -1.29. The molecule has 0 saturated heterocycles. The van der Waals surface area contributed by atoms with E-state index in [1.165, 1.54) is 13.8 Å². The Morgan fingerprint density at radius 3 is 2.16 bits per heavy atom. The third kappa shape index (κ3) is 6.85. The van der Waals surface area contributed by atoms with E-state index in [1.54, 1.807) is 0 Å². The number of aliphatic hydroxyl groups is 1. The van der Waals surface area contributed by atoms with Gasteiger partial charge in [-0.2, -0.15) is 13.2 Å². The van der Waals surface area contributed by atoms with Crippen molar-refractivity contribution in [2.45, 2.75) is 20.0 Å². The fourth-order valence-electron chi connectivity index (χ4n) is 1.07. The van der Waals surface area contributed by atoms with Gasteiger partial charge in [0.1, 0.15) is 6.54 Å². The number of rotatable bonds is 6. The Morgan fingerprint density at radius 1 is 1.26 bits per heavy atom. The van der Waals surface area contributed by atoms with E-state index in [9.17, 15) is 22.8 Å². The van der Waals surface area contributed by atoms with Crippen molar-refractivity contribution in [3.05, 3.63) is 0 Å². The SMILES string of the molecule is CC(C)(CNC(=O)N(CCO)CC(F)(F)F)C(=O)O. The van der Waals surface area contributed by atoms with Gasteiger partial charge in [0.2, 0.25) is 0 Å². The number of carbonyl (C=O) groups excluding carboxylic acids is 1. The van der Waals surface area contributed by atoms with Crippen LogP contribution >= 0.6 is 0 Å². The van der Waals surface area contributed by atoms with Crippen LogP contribution in [0.4, 0.5) is 18.0 Å². The number of aliphatic hydroxyl groups excluding tert-OH is 1. The van der Waals surface area contributed by atoms with Gasteiger partial charge in [0.05, 0.1) is 12.0 Å². The minimum Gasteiger partial charge on any atom is -0.481 e. The molecule has 3 N–H and O–H groups in total. The number of carboxylic acid groups (broad SMARTS) is 1. The quantitative estimate of drug-likeness (QED) is 0.669. The van der Waals surface area contributed by atoms with Gasteiger partial charge < -0.3 is 20.4 Å². The van der Waals surface area contributed by atoms with Crippen LogP contribution in [-0.4, -0.2) is 59.5 Å². The predicted molar refractivity (Wildman–Crippen MR) is 59.5 cm³/mol. The summed E-state index contributed by atoms with van der Waals surface area (Å²) < 4.78 is 36.6. The van der Waals surface area contributed by atoms with Crippen molar-refractivity contribution in [1.82, 2.24) is 10.2 Å². The highest BCUT2D eigenvalue weighted by molar-refractivity contribution is 5.77. The molecule has 0 heterocycles. The highest BCUT2D eigenvalue weighted by Gasteiger charge is 2.34. The third-order valence-electron chi connectivity index (χ3n) is 2.29. The normalized spacial score (nSPS) is 12.1. The lowest BCUT2D eigenvalue weighted by Crippen LogP contribution is -2.49. The van der Waals surface area contributed by atoms with Crippen molar-refractivity contribution >= 4 is 12.0 Å². The number of carboxylic acids is 1. The summed E-state index contributed by atoms with van der Waals surface area (Å²) in [6.45, 7) is -0.274. The van der Waals surface area contributed by atoms with Crippen molar-refractivity contribution < 1.29 is 33.0 Å². The number of aliphatic carboxylic acids is 1. The van der Waals surface area contributed by atoms with Crippen LogP contribution in [0.25, 0.3) is 0 Å². The Balaban J connectivity index is 4.54. The van der Waals surface area contributed by atoms with E-state index >= 15 is 0 Å². The topological polar surface area (TPSA) is 89.9 Å². The summed E-state index contributed by atoms with van der Waals surface area (Å²) in [5, 5.41) is 19.5. The highest BCUT2D eigenvalue weighted by atomic mass is 19.4. The van der Waals surface area contributed by atoms with E-state index < -0.39 is 43.3 Å². The van der Waals surface area contributed by atoms with Crippen LogP contribution in [0.2, 0.25) is 0 Å². The molecule has 0 radical (unpaired) electrons. The number of halogens is 3. The first-order chi connectivity index (χ1) is 8.49. The fourth-order valence-corrected chi connectivity index (χ4v) is 1.07. The largest absolute Gasteiger partial charge is 0.481 e. The van der Waals surface area contributed by atoms with Crippen molar-refractivity contribution in [2.75, 3.05) is 26.2 Å². The van der Waals surface area contributed by atoms with E-state index in [-0.39, 0.29) is 6.54 Å². The molecule has 112 valence electrons. The molecule has 0 unspecified atom stereocenters. The Kier molecular flexibility index (Phi) is 6.07. The average Bonchev–Trinajstić information content (AvgIpc) is 2.23. The second-order valence-corrected chi connectivity index (χ2v) is 4.61. The van der Waals surface area contributed by atoms with Crippen molar-refractivity contribution in [1.29, 1.82) is 0 Å². The molecule has 0 aromatic heterocycles. The van der Waals surface area contributed by atoms with Crippen molar-refractivity contribution in [2.24, 2.45) is 5.41 Å². The number of hydrogen-bond donors (Lipinski definition) is 3. The first kappa shape index (κ1) is 17.5. The maximum absolute atomic E-state index is 12.2. The summed E-state index contributed by atoms with van der Waals surface area (Å²) in [6.07, 6.45) is -4.59. The van der Waals surface area contributed by atoms with Crippen LogP contribution in [0.15, 0.2) is 0 Å². The predicted octanol–water partition coefficient (Wildman–Crippen LogP) is 0.663. The highest BCUT2D eigenvalue weighted by Crippen LogP contribution is 2.17. The molecule has 6 nitrogen and oxygen atoms in total. The average molecular weight is 286 g/mol.